The van der Waals surface area contributed by atoms with E-state index in [-0.39, 0.29) is 0 Å². The number of fused-ring (bicyclic) bond motifs is 2. The summed E-state index contributed by atoms with van der Waals surface area (Å²) in [6.07, 6.45) is 3.90. The van der Waals surface area contributed by atoms with Crippen LogP contribution >= 0.6 is 11.3 Å². The van der Waals surface area contributed by atoms with E-state index < -0.39 is 0 Å². The van der Waals surface area contributed by atoms with Crippen LogP contribution in [0.4, 0.5) is 5.69 Å². The van der Waals surface area contributed by atoms with Crippen LogP contribution < -0.4 is 4.90 Å². The molecular formula is C22H20N2S. The second kappa shape index (κ2) is 6.16. The molecule has 1 fully saturated rings. The van der Waals surface area contributed by atoms with Crippen LogP contribution in [0.3, 0.4) is 0 Å². The number of para-hydroxylation sites is 1. The highest BCUT2D eigenvalue weighted by Crippen LogP contribution is 2.39. The summed E-state index contributed by atoms with van der Waals surface area (Å²) >= 11 is 1.85. The Hall–Kier alpha value is -2.39. The van der Waals surface area contributed by atoms with Crippen molar-refractivity contribution >= 4 is 38.0 Å². The Bertz CT molecular complexity index is 1010. The van der Waals surface area contributed by atoms with Gasteiger partial charge >= 0.3 is 0 Å². The van der Waals surface area contributed by atoms with Crippen molar-refractivity contribution in [3.05, 3.63) is 60.7 Å². The molecular weight excluding hydrogens is 324 g/mol. The normalized spacial score (nSPS) is 15.1. The van der Waals surface area contributed by atoms with Crippen LogP contribution in [0.2, 0.25) is 0 Å². The van der Waals surface area contributed by atoms with Crippen molar-refractivity contribution in [3.8, 4) is 10.6 Å². The van der Waals surface area contributed by atoms with Crippen LogP contribution in [0.1, 0.15) is 19.3 Å². The van der Waals surface area contributed by atoms with Crippen molar-refractivity contribution in [2.75, 3.05) is 18.0 Å². The molecule has 4 aromatic rings. The van der Waals surface area contributed by atoms with Gasteiger partial charge in [-0.15, -0.1) is 11.3 Å². The molecule has 1 aliphatic rings. The Morgan fingerprint density at radius 1 is 0.800 bits per heavy atom. The van der Waals surface area contributed by atoms with Gasteiger partial charge in [-0.3, -0.25) is 0 Å². The molecule has 1 saturated heterocycles. The number of thiophene rings is 1. The molecule has 0 N–H and O–H groups in total. The zero-order valence-corrected chi connectivity index (χ0v) is 14.9. The lowest BCUT2D eigenvalue weighted by Crippen LogP contribution is -2.30. The number of piperidine rings is 1. The average Bonchev–Trinajstić information content (AvgIpc) is 3.12. The third-order valence-electron chi connectivity index (χ3n) is 5.06. The van der Waals surface area contributed by atoms with Crippen molar-refractivity contribution in [1.29, 1.82) is 0 Å². The summed E-state index contributed by atoms with van der Waals surface area (Å²) in [7, 11) is 0. The van der Waals surface area contributed by atoms with Gasteiger partial charge in [0, 0.05) is 23.2 Å². The number of nitrogens with zero attached hydrogens (tertiary/aromatic N) is 2. The molecule has 0 amide bonds. The summed E-state index contributed by atoms with van der Waals surface area (Å²) in [5.41, 5.74) is 3.52. The molecule has 0 aliphatic carbocycles. The van der Waals surface area contributed by atoms with E-state index in [4.69, 9.17) is 4.98 Å². The SMILES string of the molecule is c1ccc2nc(-c3cc4ccccc4s3)c(N3CCCCC3)cc2c1. The zero-order valence-electron chi connectivity index (χ0n) is 14.1. The smallest absolute Gasteiger partial charge is 0.104 e. The van der Waals surface area contributed by atoms with Crippen LogP contribution in [0, 0.1) is 0 Å². The van der Waals surface area contributed by atoms with Crippen molar-refractivity contribution in [2.45, 2.75) is 19.3 Å². The number of hydrogen-bond acceptors (Lipinski definition) is 3. The molecule has 25 heavy (non-hydrogen) atoms. The lowest BCUT2D eigenvalue weighted by molar-refractivity contribution is 0.578. The van der Waals surface area contributed by atoms with Gasteiger partial charge in [-0.05, 0) is 48.9 Å². The molecule has 124 valence electrons. The summed E-state index contributed by atoms with van der Waals surface area (Å²) < 4.78 is 1.33. The lowest BCUT2D eigenvalue weighted by Gasteiger charge is -2.30. The first-order valence-corrected chi connectivity index (χ1v) is 9.84. The maximum Gasteiger partial charge on any atom is 0.104 e. The number of aromatic nitrogens is 1. The van der Waals surface area contributed by atoms with E-state index in [0.29, 0.717) is 0 Å². The summed E-state index contributed by atoms with van der Waals surface area (Å²) in [6.45, 7) is 2.27. The monoisotopic (exact) mass is 344 g/mol. The number of benzene rings is 2. The average molecular weight is 344 g/mol. The van der Waals surface area contributed by atoms with E-state index in [2.05, 4.69) is 65.6 Å². The minimum Gasteiger partial charge on any atom is -0.370 e. The van der Waals surface area contributed by atoms with Gasteiger partial charge in [-0.2, -0.15) is 0 Å². The minimum atomic E-state index is 1.08. The summed E-state index contributed by atoms with van der Waals surface area (Å²) in [6, 6.07) is 21.7. The number of rotatable bonds is 2. The molecule has 5 rings (SSSR count). The Kier molecular flexibility index (Phi) is 3.67. The number of pyridine rings is 1. The molecule has 1 aliphatic heterocycles. The predicted octanol–water partition coefficient (Wildman–Crippen LogP) is 6.11. The summed E-state index contributed by atoms with van der Waals surface area (Å²) in [5, 5.41) is 2.54. The van der Waals surface area contributed by atoms with Gasteiger partial charge in [0.1, 0.15) is 5.69 Å². The van der Waals surface area contributed by atoms with Gasteiger partial charge in [0.25, 0.3) is 0 Å². The fourth-order valence-corrected chi connectivity index (χ4v) is 4.82. The van der Waals surface area contributed by atoms with E-state index >= 15 is 0 Å². The van der Waals surface area contributed by atoms with Gasteiger partial charge in [0.15, 0.2) is 0 Å². The van der Waals surface area contributed by atoms with E-state index in [0.717, 1.165) is 24.3 Å². The van der Waals surface area contributed by atoms with Gasteiger partial charge < -0.3 is 4.90 Å². The first-order valence-electron chi connectivity index (χ1n) is 9.02. The topological polar surface area (TPSA) is 16.1 Å². The van der Waals surface area contributed by atoms with E-state index in [9.17, 15) is 0 Å². The fraction of sp³-hybridized carbons (Fsp3) is 0.227. The highest BCUT2D eigenvalue weighted by Gasteiger charge is 2.19. The van der Waals surface area contributed by atoms with Crippen molar-refractivity contribution in [2.24, 2.45) is 0 Å². The maximum absolute atomic E-state index is 5.08. The van der Waals surface area contributed by atoms with Crippen molar-refractivity contribution < 1.29 is 0 Å². The van der Waals surface area contributed by atoms with E-state index in [1.165, 1.54) is 45.3 Å². The Balaban J connectivity index is 1.73. The predicted molar refractivity (Wildman–Crippen MR) is 109 cm³/mol. The van der Waals surface area contributed by atoms with Gasteiger partial charge in [0.2, 0.25) is 0 Å². The molecule has 2 nitrogen and oxygen atoms in total. The van der Waals surface area contributed by atoms with Crippen LogP contribution in [0.25, 0.3) is 31.6 Å². The van der Waals surface area contributed by atoms with Crippen LogP contribution in [0.15, 0.2) is 60.7 Å². The third-order valence-corrected chi connectivity index (χ3v) is 6.18. The van der Waals surface area contributed by atoms with E-state index in [1.54, 1.807) is 0 Å². The second-order valence-corrected chi connectivity index (χ2v) is 7.83. The number of anilines is 1. The molecule has 0 spiro atoms. The Labute approximate surface area is 151 Å². The molecule has 3 heterocycles. The molecule has 0 radical (unpaired) electrons. The molecule has 2 aromatic heterocycles. The van der Waals surface area contributed by atoms with Gasteiger partial charge in [-0.25, -0.2) is 4.98 Å². The largest absolute Gasteiger partial charge is 0.370 e. The molecule has 3 heteroatoms. The highest BCUT2D eigenvalue weighted by molar-refractivity contribution is 7.22. The first kappa shape index (κ1) is 14.9. The van der Waals surface area contributed by atoms with Crippen LogP contribution in [-0.2, 0) is 0 Å². The van der Waals surface area contributed by atoms with Crippen LogP contribution in [0.5, 0.6) is 0 Å². The molecule has 2 aromatic carbocycles. The lowest BCUT2D eigenvalue weighted by atomic mass is 10.1. The van der Waals surface area contributed by atoms with Gasteiger partial charge in [-0.1, -0.05) is 36.4 Å². The Morgan fingerprint density at radius 3 is 2.40 bits per heavy atom. The third kappa shape index (κ3) is 2.69. The molecule has 0 atom stereocenters. The zero-order chi connectivity index (χ0) is 16.6. The summed E-state index contributed by atoms with van der Waals surface area (Å²) in [5.74, 6) is 0. The maximum atomic E-state index is 5.08. The molecule has 0 unspecified atom stereocenters. The minimum absolute atomic E-state index is 1.08. The van der Waals surface area contributed by atoms with E-state index in [1.807, 2.05) is 11.3 Å². The quantitative estimate of drug-likeness (QED) is 0.436. The second-order valence-electron chi connectivity index (χ2n) is 6.74. The molecule has 0 saturated carbocycles. The van der Waals surface area contributed by atoms with Gasteiger partial charge in [0.05, 0.1) is 16.1 Å². The van der Waals surface area contributed by atoms with Crippen molar-refractivity contribution in [1.82, 2.24) is 4.98 Å². The summed E-state index contributed by atoms with van der Waals surface area (Å²) in [4.78, 5) is 8.89. The van der Waals surface area contributed by atoms with Crippen molar-refractivity contribution in [3.63, 3.8) is 0 Å². The highest BCUT2D eigenvalue weighted by atomic mass is 32.1. The Morgan fingerprint density at radius 2 is 1.56 bits per heavy atom. The fourth-order valence-electron chi connectivity index (χ4n) is 3.76. The molecule has 0 bridgehead atoms. The first-order chi connectivity index (χ1) is 12.4. The standard InChI is InChI=1S/C22H20N2S/c1-6-12-24(13-7-1)19-14-16-8-2-4-10-18(16)23-22(19)21-15-17-9-3-5-11-20(17)25-21/h2-5,8-11,14-15H,1,6-7,12-13H2. The number of hydrogen-bond donors (Lipinski definition) is 0. The van der Waals surface area contributed by atoms with Crippen LogP contribution in [-0.4, -0.2) is 18.1 Å².